The number of benzene rings is 1. The number of methoxy groups -OCH3 is 1. The lowest BCUT2D eigenvalue weighted by atomic mass is 9.81. The van der Waals surface area contributed by atoms with Gasteiger partial charge in [0.1, 0.15) is 5.69 Å². The van der Waals surface area contributed by atoms with Gasteiger partial charge in [-0.2, -0.15) is 5.10 Å². The SMILES string of the molecule is COC(=O)c1cc(NC(=O)C(=O)NC(c2cccc(Cl)c2)C2CCCCC2)nn1C. The van der Waals surface area contributed by atoms with Gasteiger partial charge in [-0.25, -0.2) is 4.79 Å². The summed E-state index contributed by atoms with van der Waals surface area (Å²) in [6.45, 7) is 0. The van der Waals surface area contributed by atoms with Gasteiger partial charge < -0.3 is 15.4 Å². The Morgan fingerprint density at radius 2 is 1.90 bits per heavy atom. The molecule has 2 N–H and O–H groups in total. The lowest BCUT2D eigenvalue weighted by Gasteiger charge is -2.31. The molecule has 2 amide bonds. The molecule has 0 saturated heterocycles. The van der Waals surface area contributed by atoms with E-state index in [1.54, 1.807) is 13.1 Å². The summed E-state index contributed by atoms with van der Waals surface area (Å²) in [6, 6.07) is 8.38. The summed E-state index contributed by atoms with van der Waals surface area (Å²) in [4.78, 5) is 36.8. The molecule has 8 nitrogen and oxygen atoms in total. The van der Waals surface area contributed by atoms with Crippen LogP contribution in [0.3, 0.4) is 0 Å². The van der Waals surface area contributed by atoms with Crippen molar-refractivity contribution in [2.24, 2.45) is 13.0 Å². The first kappa shape index (κ1) is 21.8. The van der Waals surface area contributed by atoms with Crippen molar-refractivity contribution >= 4 is 35.2 Å². The van der Waals surface area contributed by atoms with Gasteiger partial charge in [0.15, 0.2) is 5.82 Å². The van der Waals surface area contributed by atoms with Crippen LogP contribution in [-0.2, 0) is 21.4 Å². The number of aryl methyl sites for hydroxylation is 1. The van der Waals surface area contributed by atoms with Gasteiger partial charge in [0.05, 0.1) is 13.2 Å². The Labute approximate surface area is 179 Å². The molecule has 1 aromatic carbocycles. The van der Waals surface area contributed by atoms with Crippen molar-refractivity contribution in [3.05, 3.63) is 46.6 Å². The number of aromatic nitrogens is 2. The van der Waals surface area contributed by atoms with Crippen LogP contribution in [-0.4, -0.2) is 34.7 Å². The Hall–Kier alpha value is -2.87. The summed E-state index contributed by atoms with van der Waals surface area (Å²) in [5, 5.41) is 9.91. The van der Waals surface area contributed by atoms with Crippen LogP contribution in [0.25, 0.3) is 0 Å². The van der Waals surface area contributed by atoms with E-state index < -0.39 is 17.8 Å². The highest BCUT2D eigenvalue weighted by molar-refractivity contribution is 6.39. The summed E-state index contributed by atoms with van der Waals surface area (Å²) in [6.07, 6.45) is 5.31. The number of rotatable bonds is 5. The van der Waals surface area contributed by atoms with Gasteiger partial charge in [-0.1, -0.05) is 43.0 Å². The van der Waals surface area contributed by atoms with Gasteiger partial charge >= 0.3 is 17.8 Å². The van der Waals surface area contributed by atoms with Crippen molar-refractivity contribution in [3.63, 3.8) is 0 Å². The smallest absolute Gasteiger partial charge is 0.356 e. The molecule has 2 aromatic rings. The first-order valence-corrected chi connectivity index (χ1v) is 10.3. The monoisotopic (exact) mass is 432 g/mol. The molecule has 1 aliphatic carbocycles. The van der Waals surface area contributed by atoms with Crippen molar-refractivity contribution < 1.29 is 19.1 Å². The van der Waals surface area contributed by atoms with Gasteiger partial charge in [-0.15, -0.1) is 0 Å². The third kappa shape index (κ3) is 5.18. The first-order chi connectivity index (χ1) is 14.4. The maximum Gasteiger partial charge on any atom is 0.356 e. The third-order valence-corrected chi connectivity index (χ3v) is 5.57. The standard InChI is InChI=1S/C21H25ClN4O4/c1-26-16(21(29)30-2)12-17(25-26)23-19(27)20(28)24-18(13-7-4-3-5-8-13)14-9-6-10-15(22)11-14/h6,9-13,18H,3-5,7-8H2,1-2H3,(H,24,28)(H,23,25,27). The minimum absolute atomic E-state index is 0.0926. The fourth-order valence-corrected chi connectivity index (χ4v) is 4.04. The number of anilines is 1. The molecule has 1 aliphatic rings. The summed E-state index contributed by atoms with van der Waals surface area (Å²) in [7, 11) is 2.79. The molecule has 30 heavy (non-hydrogen) atoms. The van der Waals surface area contributed by atoms with Crippen LogP contribution in [0.15, 0.2) is 30.3 Å². The van der Waals surface area contributed by atoms with Crippen molar-refractivity contribution in [1.82, 2.24) is 15.1 Å². The van der Waals surface area contributed by atoms with Crippen LogP contribution in [0, 0.1) is 5.92 Å². The average molecular weight is 433 g/mol. The maximum absolute atomic E-state index is 12.7. The number of hydrogen-bond acceptors (Lipinski definition) is 5. The predicted molar refractivity (Wildman–Crippen MR) is 112 cm³/mol. The number of carbonyl (C=O) groups is 3. The van der Waals surface area contributed by atoms with Crippen LogP contribution >= 0.6 is 11.6 Å². The second-order valence-electron chi connectivity index (χ2n) is 7.39. The van der Waals surface area contributed by atoms with E-state index in [0.29, 0.717) is 5.02 Å². The fourth-order valence-electron chi connectivity index (χ4n) is 3.84. The van der Waals surface area contributed by atoms with E-state index in [4.69, 9.17) is 11.6 Å². The summed E-state index contributed by atoms with van der Waals surface area (Å²) in [5.74, 6) is -1.89. The molecule has 1 unspecified atom stereocenters. The molecular formula is C21H25ClN4O4. The maximum atomic E-state index is 12.7. The minimum Gasteiger partial charge on any atom is -0.464 e. The van der Waals surface area contributed by atoms with Crippen LogP contribution < -0.4 is 10.6 Å². The molecule has 0 radical (unpaired) electrons. The van der Waals surface area contributed by atoms with Crippen LogP contribution in [0.1, 0.15) is 54.2 Å². The molecule has 0 bridgehead atoms. The Morgan fingerprint density at radius 1 is 1.17 bits per heavy atom. The van der Waals surface area contributed by atoms with Crippen LogP contribution in [0.4, 0.5) is 5.82 Å². The Kier molecular flexibility index (Phi) is 7.10. The van der Waals surface area contributed by atoms with Crippen molar-refractivity contribution in [2.75, 3.05) is 12.4 Å². The highest BCUT2D eigenvalue weighted by Gasteiger charge is 2.29. The van der Waals surface area contributed by atoms with Crippen LogP contribution in [0.2, 0.25) is 5.02 Å². The lowest BCUT2D eigenvalue weighted by Crippen LogP contribution is -2.41. The molecule has 0 aliphatic heterocycles. The van der Waals surface area contributed by atoms with E-state index in [1.807, 2.05) is 18.2 Å². The normalized spacial score (nSPS) is 15.3. The highest BCUT2D eigenvalue weighted by atomic mass is 35.5. The van der Waals surface area contributed by atoms with Gasteiger partial charge in [-0.05, 0) is 36.5 Å². The second kappa shape index (κ2) is 9.75. The van der Waals surface area contributed by atoms with Gasteiger partial charge in [0, 0.05) is 18.1 Å². The molecule has 1 atom stereocenters. The van der Waals surface area contributed by atoms with Crippen LogP contribution in [0.5, 0.6) is 0 Å². The molecule has 3 rings (SSSR count). The molecule has 1 fully saturated rings. The summed E-state index contributed by atoms with van der Waals surface area (Å²) < 4.78 is 5.93. The predicted octanol–water partition coefficient (Wildman–Crippen LogP) is 3.24. The molecule has 1 saturated carbocycles. The Bertz CT molecular complexity index is 937. The van der Waals surface area contributed by atoms with E-state index in [9.17, 15) is 14.4 Å². The largest absolute Gasteiger partial charge is 0.464 e. The molecule has 9 heteroatoms. The number of carbonyl (C=O) groups excluding carboxylic acids is 3. The van der Waals surface area contributed by atoms with Gasteiger partial charge in [0.2, 0.25) is 0 Å². The van der Waals surface area contributed by atoms with E-state index >= 15 is 0 Å². The number of esters is 1. The summed E-state index contributed by atoms with van der Waals surface area (Å²) in [5.41, 5.74) is 1.04. The molecule has 0 spiro atoms. The van der Waals surface area contributed by atoms with E-state index in [0.717, 1.165) is 31.2 Å². The highest BCUT2D eigenvalue weighted by Crippen LogP contribution is 2.35. The minimum atomic E-state index is -0.854. The number of amides is 2. The molecular weight excluding hydrogens is 408 g/mol. The number of hydrogen-bond donors (Lipinski definition) is 2. The zero-order chi connectivity index (χ0) is 21.7. The number of nitrogens with one attached hydrogen (secondary N) is 2. The quantitative estimate of drug-likeness (QED) is 0.557. The third-order valence-electron chi connectivity index (χ3n) is 5.34. The number of ether oxygens (including phenoxy) is 1. The average Bonchev–Trinajstić information content (AvgIpc) is 3.11. The lowest BCUT2D eigenvalue weighted by molar-refractivity contribution is -0.137. The zero-order valence-corrected chi connectivity index (χ0v) is 17.7. The van der Waals surface area contributed by atoms with E-state index in [1.165, 1.54) is 24.3 Å². The first-order valence-electron chi connectivity index (χ1n) is 9.88. The zero-order valence-electron chi connectivity index (χ0n) is 17.0. The molecule has 1 heterocycles. The Balaban J connectivity index is 1.73. The van der Waals surface area contributed by atoms with Crippen molar-refractivity contribution in [3.8, 4) is 0 Å². The fraction of sp³-hybridized carbons (Fsp3) is 0.429. The van der Waals surface area contributed by atoms with Crippen molar-refractivity contribution in [1.29, 1.82) is 0 Å². The van der Waals surface area contributed by atoms with E-state index in [2.05, 4.69) is 20.5 Å². The molecule has 1 aromatic heterocycles. The number of nitrogens with zero attached hydrogens (tertiary/aromatic N) is 2. The van der Waals surface area contributed by atoms with E-state index in [-0.39, 0.29) is 23.5 Å². The molecule has 160 valence electrons. The second-order valence-corrected chi connectivity index (χ2v) is 7.82. The summed E-state index contributed by atoms with van der Waals surface area (Å²) >= 11 is 6.15. The van der Waals surface area contributed by atoms with Crippen molar-refractivity contribution in [2.45, 2.75) is 38.1 Å². The Morgan fingerprint density at radius 3 is 2.57 bits per heavy atom. The number of halogens is 1. The van der Waals surface area contributed by atoms with Gasteiger partial charge in [-0.3, -0.25) is 14.3 Å². The topological polar surface area (TPSA) is 102 Å². The van der Waals surface area contributed by atoms with Gasteiger partial charge in [0.25, 0.3) is 0 Å².